The van der Waals surface area contributed by atoms with Gasteiger partial charge < -0.3 is 4.74 Å². The molecule has 1 aromatic rings. The molecule has 0 spiro atoms. The molecule has 0 saturated heterocycles. The molecular weight excluding hydrogens is 200 g/mol. The van der Waals surface area contributed by atoms with E-state index in [4.69, 9.17) is 4.74 Å². The van der Waals surface area contributed by atoms with E-state index in [1.165, 1.54) is 0 Å². The molecule has 1 rings (SSSR count). The van der Waals surface area contributed by atoms with Crippen LogP contribution in [0.25, 0.3) is 0 Å². The third kappa shape index (κ3) is 3.14. The second kappa shape index (κ2) is 6.69. The number of aliphatic imine (C=N–C) groups is 1. The Balaban J connectivity index is 3.01. The van der Waals surface area contributed by atoms with E-state index in [1.54, 1.807) is 25.6 Å². The first-order chi connectivity index (χ1) is 7.83. The molecule has 3 nitrogen and oxygen atoms in total. The second-order valence-corrected chi connectivity index (χ2v) is 3.11. The molecule has 0 saturated carbocycles. The smallest absolute Gasteiger partial charge is 0.141 e. The summed E-state index contributed by atoms with van der Waals surface area (Å²) >= 11 is 0. The minimum Gasteiger partial charge on any atom is -0.369 e. The summed E-state index contributed by atoms with van der Waals surface area (Å²) < 4.78 is 5.39. The predicted octanol–water partition coefficient (Wildman–Crippen LogP) is 2.93. The summed E-state index contributed by atoms with van der Waals surface area (Å²) in [7, 11) is 1.63. The Morgan fingerprint density at radius 1 is 1.56 bits per heavy atom. The van der Waals surface area contributed by atoms with Gasteiger partial charge in [0.15, 0.2) is 0 Å². The second-order valence-electron chi connectivity index (χ2n) is 3.11. The standard InChI is InChI=1S/C13H16N2O/c1-4-9-14-11(5-2)13(16-3)12-8-6-7-10-15-12/h4-10,13H,2H2,1,3H3/b9-4-,14-11?. The Morgan fingerprint density at radius 3 is 2.88 bits per heavy atom. The third-order valence-electron chi connectivity index (χ3n) is 2.04. The van der Waals surface area contributed by atoms with Crippen molar-refractivity contribution in [2.24, 2.45) is 4.99 Å². The van der Waals surface area contributed by atoms with Crippen LogP contribution >= 0.6 is 0 Å². The number of hydrogen-bond donors (Lipinski definition) is 0. The molecule has 1 unspecified atom stereocenters. The molecule has 84 valence electrons. The molecule has 0 bridgehead atoms. The Kier molecular flexibility index (Phi) is 5.16. The molecule has 1 aromatic heterocycles. The zero-order valence-electron chi connectivity index (χ0n) is 9.63. The lowest BCUT2D eigenvalue weighted by atomic mass is 10.1. The summed E-state index contributed by atoms with van der Waals surface area (Å²) in [6, 6.07) is 5.69. The molecule has 3 heteroatoms. The predicted molar refractivity (Wildman–Crippen MR) is 66.4 cm³/mol. The third-order valence-corrected chi connectivity index (χ3v) is 2.04. The maximum Gasteiger partial charge on any atom is 0.141 e. The maximum absolute atomic E-state index is 5.39. The van der Waals surface area contributed by atoms with Crippen LogP contribution in [0, 0.1) is 0 Å². The van der Waals surface area contributed by atoms with Crippen LogP contribution in [0.1, 0.15) is 18.7 Å². The number of rotatable bonds is 5. The molecule has 16 heavy (non-hydrogen) atoms. The van der Waals surface area contributed by atoms with E-state index in [0.29, 0.717) is 0 Å². The lowest BCUT2D eigenvalue weighted by molar-refractivity contribution is 0.155. The van der Waals surface area contributed by atoms with Gasteiger partial charge in [0.25, 0.3) is 0 Å². The Labute approximate surface area is 96.2 Å². The maximum atomic E-state index is 5.39. The molecule has 0 aliphatic heterocycles. The highest BCUT2D eigenvalue weighted by atomic mass is 16.5. The molecule has 1 atom stereocenters. The molecule has 1 heterocycles. The van der Waals surface area contributed by atoms with Crippen molar-refractivity contribution < 1.29 is 4.74 Å². The van der Waals surface area contributed by atoms with Crippen LogP contribution in [0.15, 0.2) is 54.3 Å². The van der Waals surface area contributed by atoms with Crippen LogP contribution in [0.2, 0.25) is 0 Å². The fourth-order valence-corrected chi connectivity index (χ4v) is 1.31. The van der Waals surface area contributed by atoms with Crippen molar-refractivity contribution in [3.05, 3.63) is 55.0 Å². The molecule has 0 radical (unpaired) electrons. The lowest BCUT2D eigenvalue weighted by Crippen LogP contribution is -2.13. The number of pyridine rings is 1. The summed E-state index contributed by atoms with van der Waals surface area (Å²) in [5.74, 6) is 0. The van der Waals surface area contributed by atoms with E-state index in [0.717, 1.165) is 11.4 Å². The topological polar surface area (TPSA) is 34.5 Å². The SMILES string of the molecule is C=CC(=N/C=C\C)C(OC)c1ccccn1. The van der Waals surface area contributed by atoms with Crippen molar-refractivity contribution in [1.82, 2.24) is 4.98 Å². The number of nitrogens with zero attached hydrogens (tertiary/aromatic N) is 2. The van der Waals surface area contributed by atoms with Crippen LogP contribution < -0.4 is 0 Å². The van der Waals surface area contributed by atoms with E-state index >= 15 is 0 Å². The number of aromatic nitrogens is 1. The van der Waals surface area contributed by atoms with Gasteiger partial charge in [-0.05, 0) is 25.1 Å². The Hall–Kier alpha value is -1.74. The van der Waals surface area contributed by atoms with Gasteiger partial charge in [-0.25, -0.2) is 0 Å². The average molecular weight is 216 g/mol. The highest BCUT2D eigenvalue weighted by Crippen LogP contribution is 2.16. The van der Waals surface area contributed by atoms with Gasteiger partial charge in [0, 0.05) is 19.5 Å². The summed E-state index contributed by atoms with van der Waals surface area (Å²) in [6.45, 7) is 5.65. The van der Waals surface area contributed by atoms with E-state index in [9.17, 15) is 0 Å². The number of allylic oxidation sites excluding steroid dienone is 1. The van der Waals surface area contributed by atoms with Crippen molar-refractivity contribution in [3.8, 4) is 0 Å². The van der Waals surface area contributed by atoms with Crippen molar-refractivity contribution in [2.75, 3.05) is 7.11 Å². The van der Waals surface area contributed by atoms with Crippen LogP contribution in [-0.4, -0.2) is 17.8 Å². The van der Waals surface area contributed by atoms with Crippen LogP contribution in [0.3, 0.4) is 0 Å². The van der Waals surface area contributed by atoms with Crippen molar-refractivity contribution >= 4 is 5.71 Å². The quantitative estimate of drug-likeness (QED) is 0.709. The number of ether oxygens (including phenoxy) is 1. The highest BCUT2D eigenvalue weighted by Gasteiger charge is 2.15. The summed E-state index contributed by atoms with van der Waals surface area (Å²) in [5.41, 5.74) is 1.58. The van der Waals surface area contributed by atoms with E-state index in [2.05, 4.69) is 16.6 Å². The first-order valence-corrected chi connectivity index (χ1v) is 5.08. The van der Waals surface area contributed by atoms with E-state index in [1.807, 2.05) is 31.2 Å². The molecule has 0 aliphatic rings. The van der Waals surface area contributed by atoms with Gasteiger partial charge in [0.2, 0.25) is 0 Å². The van der Waals surface area contributed by atoms with Gasteiger partial charge in [0.05, 0.1) is 11.4 Å². The molecule has 0 amide bonds. The molecule has 0 N–H and O–H groups in total. The zero-order chi connectivity index (χ0) is 11.8. The van der Waals surface area contributed by atoms with Crippen molar-refractivity contribution in [2.45, 2.75) is 13.0 Å². The van der Waals surface area contributed by atoms with Crippen molar-refractivity contribution in [1.29, 1.82) is 0 Å². The highest BCUT2D eigenvalue weighted by molar-refractivity contribution is 5.98. The monoisotopic (exact) mass is 216 g/mol. The largest absolute Gasteiger partial charge is 0.369 e. The number of methoxy groups -OCH3 is 1. The molecule has 0 aromatic carbocycles. The van der Waals surface area contributed by atoms with Crippen LogP contribution in [-0.2, 0) is 4.74 Å². The summed E-state index contributed by atoms with van der Waals surface area (Å²) in [6.07, 6.45) is 6.72. The van der Waals surface area contributed by atoms with E-state index in [-0.39, 0.29) is 6.10 Å². The Bertz CT molecular complexity index is 382. The van der Waals surface area contributed by atoms with Gasteiger partial charge >= 0.3 is 0 Å². The lowest BCUT2D eigenvalue weighted by Gasteiger charge is -2.14. The van der Waals surface area contributed by atoms with Gasteiger partial charge in [-0.2, -0.15) is 0 Å². The summed E-state index contributed by atoms with van der Waals surface area (Å²) in [5, 5.41) is 0. The van der Waals surface area contributed by atoms with Gasteiger partial charge in [0.1, 0.15) is 6.10 Å². The first kappa shape index (κ1) is 12.3. The van der Waals surface area contributed by atoms with Gasteiger partial charge in [-0.15, -0.1) is 0 Å². The Morgan fingerprint density at radius 2 is 2.38 bits per heavy atom. The first-order valence-electron chi connectivity index (χ1n) is 5.08. The minimum atomic E-state index is -0.269. The minimum absolute atomic E-state index is 0.269. The fourth-order valence-electron chi connectivity index (χ4n) is 1.31. The molecular formula is C13H16N2O. The van der Waals surface area contributed by atoms with Gasteiger partial charge in [-0.3, -0.25) is 9.98 Å². The van der Waals surface area contributed by atoms with Gasteiger partial charge in [-0.1, -0.05) is 18.7 Å². The normalized spacial score (nSPS) is 14.0. The molecule has 0 aliphatic carbocycles. The van der Waals surface area contributed by atoms with E-state index < -0.39 is 0 Å². The van der Waals surface area contributed by atoms with Crippen molar-refractivity contribution in [3.63, 3.8) is 0 Å². The number of hydrogen-bond acceptors (Lipinski definition) is 3. The molecule has 0 fully saturated rings. The fraction of sp³-hybridized carbons (Fsp3) is 0.231. The van der Waals surface area contributed by atoms with Crippen LogP contribution in [0.5, 0.6) is 0 Å². The zero-order valence-corrected chi connectivity index (χ0v) is 9.63. The summed E-state index contributed by atoms with van der Waals surface area (Å²) in [4.78, 5) is 8.51. The van der Waals surface area contributed by atoms with Crippen LogP contribution in [0.4, 0.5) is 0 Å². The average Bonchev–Trinajstić information content (AvgIpc) is 2.35.